The third kappa shape index (κ3) is 4.34. The van der Waals surface area contributed by atoms with Crippen molar-refractivity contribution in [3.63, 3.8) is 0 Å². The summed E-state index contributed by atoms with van der Waals surface area (Å²) >= 11 is 0. The highest BCUT2D eigenvalue weighted by molar-refractivity contribution is 5.97. The summed E-state index contributed by atoms with van der Waals surface area (Å²) in [6.07, 6.45) is 0. The van der Waals surface area contributed by atoms with E-state index in [4.69, 9.17) is 4.42 Å². The van der Waals surface area contributed by atoms with Crippen LogP contribution in [0.15, 0.2) is 59.0 Å². The molecule has 0 spiro atoms. The lowest BCUT2D eigenvalue weighted by atomic mass is 10.1. The first kappa shape index (κ1) is 19.5. The van der Waals surface area contributed by atoms with Gasteiger partial charge in [0, 0.05) is 29.7 Å². The van der Waals surface area contributed by atoms with Gasteiger partial charge in [-0.1, -0.05) is 24.3 Å². The molecule has 2 N–H and O–H groups in total. The Labute approximate surface area is 164 Å². The van der Waals surface area contributed by atoms with Gasteiger partial charge in [-0.3, -0.25) is 4.79 Å². The van der Waals surface area contributed by atoms with Crippen LogP contribution in [0.4, 0.5) is 10.5 Å². The molecule has 1 atom stereocenters. The van der Waals surface area contributed by atoms with Crippen LogP contribution in [0.1, 0.15) is 42.9 Å². The van der Waals surface area contributed by atoms with Crippen molar-refractivity contribution >= 4 is 28.6 Å². The lowest BCUT2D eigenvalue weighted by Gasteiger charge is -2.23. The van der Waals surface area contributed by atoms with Crippen molar-refractivity contribution in [1.82, 2.24) is 10.2 Å². The first-order valence-corrected chi connectivity index (χ1v) is 9.28. The summed E-state index contributed by atoms with van der Waals surface area (Å²) in [5.74, 6) is 0.573. The average molecular weight is 379 g/mol. The number of nitrogens with one attached hydrogen (secondary N) is 2. The van der Waals surface area contributed by atoms with Gasteiger partial charge in [-0.2, -0.15) is 0 Å². The van der Waals surface area contributed by atoms with E-state index in [0.717, 1.165) is 16.7 Å². The smallest absolute Gasteiger partial charge is 0.319 e. The number of furan rings is 1. The van der Waals surface area contributed by atoms with Crippen molar-refractivity contribution in [1.29, 1.82) is 0 Å². The zero-order valence-corrected chi connectivity index (χ0v) is 16.5. The Bertz CT molecular complexity index is 960. The number of hydrogen-bond donors (Lipinski definition) is 2. The maximum absolute atomic E-state index is 12.9. The molecular weight excluding hydrogens is 354 g/mol. The van der Waals surface area contributed by atoms with E-state index >= 15 is 0 Å². The van der Waals surface area contributed by atoms with Crippen molar-refractivity contribution in [2.24, 2.45) is 0 Å². The van der Waals surface area contributed by atoms with E-state index < -0.39 is 0 Å². The van der Waals surface area contributed by atoms with Crippen LogP contribution in [-0.2, 0) is 0 Å². The van der Waals surface area contributed by atoms with E-state index in [2.05, 4.69) is 10.6 Å². The van der Waals surface area contributed by atoms with E-state index in [-0.39, 0.29) is 24.0 Å². The molecule has 0 aliphatic heterocycles. The molecule has 146 valence electrons. The Morgan fingerprint density at radius 1 is 1.00 bits per heavy atom. The molecule has 0 saturated carbocycles. The molecule has 1 aromatic heterocycles. The number of rotatable bonds is 5. The van der Waals surface area contributed by atoms with Gasteiger partial charge in [0.25, 0.3) is 5.91 Å². The van der Waals surface area contributed by atoms with Crippen molar-refractivity contribution < 1.29 is 14.0 Å². The van der Waals surface area contributed by atoms with Gasteiger partial charge < -0.3 is 20.0 Å². The summed E-state index contributed by atoms with van der Waals surface area (Å²) < 4.78 is 5.89. The minimum atomic E-state index is -0.302. The third-order valence-corrected chi connectivity index (χ3v) is 4.54. The largest absolute Gasteiger partial charge is 0.459 e. The Morgan fingerprint density at radius 3 is 2.46 bits per heavy atom. The fourth-order valence-corrected chi connectivity index (χ4v) is 2.94. The Balaban J connectivity index is 1.75. The lowest BCUT2D eigenvalue weighted by molar-refractivity contribution is 0.0727. The second-order valence-corrected chi connectivity index (χ2v) is 7.11. The maximum atomic E-state index is 12.9. The monoisotopic (exact) mass is 379 g/mol. The zero-order chi connectivity index (χ0) is 20.3. The Kier molecular flexibility index (Phi) is 5.68. The quantitative estimate of drug-likeness (QED) is 0.669. The van der Waals surface area contributed by atoms with Crippen molar-refractivity contribution in [2.45, 2.75) is 32.9 Å². The molecule has 3 aromatic rings. The van der Waals surface area contributed by atoms with Crippen molar-refractivity contribution in [3.05, 3.63) is 65.9 Å². The first-order valence-electron chi connectivity index (χ1n) is 9.28. The van der Waals surface area contributed by atoms with Crippen LogP contribution >= 0.6 is 0 Å². The van der Waals surface area contributed by atoms with Gasteiger partial charge in [-0.25, -0.2) is 4.79 Å². The predicted octanol–water partition coefficient (Wildman–Crippen LogP) is 4.80. The normalized spacial score (nSPS) is 12.0. The summed E-state index contributed by atoms with van der Waals surface area (Å²) in [5, 5.41) is 6.51. The predicted molar refractivity (Wildman–Crippen MR) is 110 cm³/mol. The van der Waals surface area contributed by atoms with E-state index in [1.807, 2.05) is 51.1 Å². The molecule has 6 nitrogen and oxygen atoms in total. The summed E-state index contributed by atoms with van der Waals surface area (Å²) in [6, 6.07) is 16.1. The molecule has 6 heteroatoms. The molecule has 3 amide bonds. The molecule has 1 heterocycles. The molecule has 1 unspecified atom stereocenters. The number of hydrogen-bond acceptors (Lipinski definition) is 3. The standard InChI is InChI=1S/C22H25N3O3/c1-14(2)23-22(27)24-18-10-7-9-17(12-18)21(26)25(4)15(3)20-13-16-8-5-6-11-19(16)28-20/h5-15H,1-4H3,(H2,23,24,27). The van der Waals surface area contributed by atoms with E-state index in [0.29, 0.717) is 11.3 Å². The molecule has 0 aliphatic carbocycles. The molecular formula is C22H25N3O3. The summed E-state index contributed by atoms with van der Waals surface area (Å²) in [6.45, 7) is 5.69. The van der Waals surface area contributed by atoms with Crippen LogP contribution in [0.25, 0.3) is 11.0 Å². The van der Waals surface area contributed by atoms with Crippen LogP contribution in [0.2, 0.25) is 0 Å². The van der Waals surface area contributed by atoms with Crippen LogP contribution in [0.5, 0.6) is 0 Å². The number of carbonyl (C=O) groups is 2. The molecule has 0 radical (unpaired) electrons. The van der Waals surface area contributed by atoms with Crippen LogP contribution in [0, 0.1) is 0 Å². The minimum Gasteiger partial charge on any atom is -0.459 e. The summed E-state index contributed by atoms with van der Waals surface area (Å²) in [7, 11) is 1.74. The number of benzene rings is 2. The first-order chi connectivity index (χ1) is 13.3. The van der Waals surface area contributed by atoms with Gasteiger partial charge in [0.05, 0.1) is 6.04 Å². The molecule has 0 aliphatic rings. The zero-order valence-electron chi connectivity index (χ0n) is 16.5. The third-order valence-electron chi connectivity index (χ3n) is 4.54. The Morgan fingerprint density at radius 2 is 1.75 bits per heavy atom. The highest BCUT2D eigenvalue weighted by Crippen LogP contribution is 2.27. The SMILES string of the molecule is CC(C)NC(=O)Nc1cccc(C(=O)N(C)C(C)c2cc3ccccc3o2)c1. The second-order valence-electron chi connectivity index (χ2n) is 7.11. The van der Waals surface area contributed by atoms with Crippen LogP contribution in [-0.4, -0.2) is 29.9 Å². The molecule has 28 heavy (non-hydrogen) atoms. The van der Waals surface area contributed by atoms with E-state index in [1.54, 1.807) is 36.2 Å². The molecule has 3 rings (SSSR count). The number of carbonyl (C=O) groups excluding carboxylic acids is 2. The maximum Gasteiger partial charge on any atom is 0.319 e. The van der Waals surface area contributed by atoms with Crippen LogP contribution in [0.3, 0.4) is 0 Å². The number of fused-ring (bicyclic) bond motifs is 1. The fourth-order valence-electron chi connectivity index (χ4n) is 2.94. The number of para-hydroxylation sites is 1. The van der Waals surface area contributed by atoms with Crippen molar-refractivity contribution in [2.75, 3.05) is 12.4 Å². The highest BCUT2D eigenvalue weighted by Gasteiger charge is 2.22. The van der Waals surface area contributed by atoms with Crippen molar-refractivity contribution in [3.8, 4) is 0 Å². The Hall–Kier alpha value is -3.28. The topological polar surface area (TPSA) is 74.6 Å². The molecule has 0 saturated heterocycles. The second kappa shape index (κ2) is 8.17. The summed E-state index contributed by atoms with van der Waals surface area (Å²) in [4.78, 5) is 26.5. The van der Waals surface area contributed by atoms with E-state index in [9.17, 15) is 9.59 Å². The lowest BCUT2D eigenvalue weighted by Crippen LogP contribution is -2.34. The highest BCUT2D eigenvalue weighted by atomic mass is 16.3. The van der Waals surface area contributed by atoms with Gasteiger partial charge in [0.15, 0.2) is 0 Å². The van der Waals surface area contributed by atoms with E-state index in [1.165, 1.54) is 0 Å². The van der Waals surface area contributed by atoms with Gasteiger partial charge >= 0.3 is 6.03 Å². The number of urea groups is 1. The minimum absolute atomic E-state index is 0.0283. The fraction of sp³-hybridized carbons (Fsp3) is 0.273. The van der Waals surface area contributed by atoms with Gasteiger partial charge in [-0.15, -0.1) is 0 Å². The molecule has 2 aromatic carbocycles. The molecule has 0 fully saturated rings. The molecule has 0 bridgehead atoms. The average Bonchev–Trinajstić information content (AvgIpc) is 3.10. The van der Waals surface area contributed by atoms with Gasteiger partial charge in [0.2, 0.25) is 0 Å². The summed E-state index contributed by atoms with van der Waals surface area (Å²) in [5.41, 5.74) is 1.86. The number of nitrogens with zero attached hydrogens (tertiary/aromatic N) is 1. The van der Waals surface area contributed by atoms with Gasteiger partial charge in [0.1, 0.15) is 11.3 Å². The van der Waals surface area contributed by atoms with Crippen LogP contribution < -0.4 is 10.6 Å². The number of anilines is 1. The van der Waals surface area contributed by atoms with Gasteiger partial charge in [-0.05, 0) is 51.1 Å². The number of amides is 3.